The Kier molecular flexibility index (Phi) is 3.97. The Morgan fingerprint density at radius 1 is 1.40 bits per heavy atom. The van der Waals surface area contributed by atoms with Crippen molar-refractivity contribution in [1.82, 2.24) is 10.3 Å². The van der Waals surface area contributed by atoms with Crippen LogP contribution >= 0.6 is 0 Å². The topological polar surface area (TPSA) is 37.0 Å². The number of nitrogens with one attached hydrogen (secondary N) is 2. The van der Waals surface area contributed by atoms with Gasteiger partial charge in [0.25, 0.3) is 0 Å². The van der Waals surface area contributed by atoms with Gasteiger partial charge in [0, 0.05) is 18.9 Å². The van der Waals surface area contributed by atoms with E-state index in [4.69, 9.17) is 0 Å². The van der Waals surface area contributed by atoms with Gasteiger partial charge < -0.3 is 10.6 Å². The molecule has 0 amide bonds. The van der Waals surface area contributed by atoms with E-state index < -0.39 is 0 Å². The SMILES string of the molecule is c1cncc(NCCC2CCNCC2)c1. The van der Waals surface area contributed by atoms with Crippen molar-refractivity contribution in [3.63, 3.8) is 0 Å². The van der Waals surface area contributed by atoms with Crippen LogP contribution in [0.3, 0.4) is 0 Å². The van der Waals surface area contributed by atoms with Crippen molar-refractivity contribution in [2.24, 2.45) is 5.92 Å². The lowest BCUT2D eigenvalue weighted by Crippen LogP contribution is -2.28. The highest BCUT2D eigenvalue weighted by Crippen LogP contribution is 2.15. The van der Waals surface area contributed by atoms with Crippen molar-refractivity contribution < 1.29 is 0 Å². The molecular weight excluding hydrogens is 186 g/mol. The minimum atomic E-state index is 0.899. The highest BCUT2D eigenvalue weighted by molar-refractivity contribution is 5.39. The van der Waals surface area contributed by atoms with E-state index in [1.165, 1.54) is 32.4 Å². The smallest absolute Gasteiger partial charge is 0.0526 e. The van der Waals surface area contributed by atoms with Crippen LogP contribution in [0, 0.1) is 5.92 Å². The molecule has 2 heterocycles. The Labute approximate surface area is 91.3 Å². The number of pyridine rings is 1. The summed E-state index contributed by atoms with van der Waals surface area (Å²) in [6.07, 6.45) is 7.61. The maximum Gasteiger partial charge on any atom is 0.0526 e. The molecule has 2 N–H and O–H groups in total. The van der Waals surface area contributed by atoms with E-state index in [-0.39, 0.29) is 0 Å². The van der Waals surface area contributed by atoms with Crippen LogP contribution in [0.2, 0.25) is 0 Å². The fourth-order valence-corrected chi connectivity index (χ4v) is 2.06. The lowest BCUT2D eigenvalue weighted by atomic mass is 9.95. The van der Waals surface area contributed by atoms with E-state index in [1.54, 1.807) is 6.20 Å². The maximum absolute atomic E-state index is 4.08. The van der Waals surface area contributed by atoms with Gasteiger partial charge in [0.2, 0.25) is 0 Å². The van der Waals surface area contributed by atoms with Gasteiger partial charge in [-0.3, -0.25) is 4.98 Å². The molecule has 3 nitrogen and oxygen atoms in total. The van der Waals surface area contributed by atoms with E-state index in [0.29, 0.717) is 0 Å². The minimum absolute atomic E-state index is 0.899. The first-order valence-corrected chi connectivity index (χ1v) is 5.80. The van der Waals surface area contributed by atoms with Gasteiger partial charge in [-0.25, -0.2) is 0 Å². The largest absolute Gasteiger partial charge is 0.384 e. The van der Waals surface area contributed by atoms with Crippen LogP contribution in [0.1, 0.15) is 19.3 Å². The molecule has 1 aromatic rings. The third-order valence-electron chi connectivity index (χ3n) is 3.00. The molecule has 2 rings (SSSR count). The van der Waals surface area contributed by atoms with Crippen molar-refractivity contribution >= 4 is 5.69 Å². The fraction of sp³-hybridized carbons (Fsp3) is 0.583. The number of aromatic nitrogens is 1. The van der Waals surface area contributed by atoms with Crippen LogP contribution in [-0.2, 0) is 0 Å². The number of piperidine rings is 1. The summed E-state index contributed by atoms with van der Waals surface area (Å²) in [4.78, 5) is 4.08. The van der Waals surface area contributed by atoms with Gasteiger partial charge in [-0.2, -0.15) is 0 Å². The Balaban J connectivity index is 1.66. The van der Waals surface area contributed by atoms with Crippen molar-refractivity contribution in [3.8, 4) is 0 Å². The second-order valence-electron chi connectivity index (χ2n) is 4.15. The molecule has 0 spiro atoms. The molecule has 0 aromatic carbocycles. The first-order valence-electron chi connectivity index (χ1n) is 5.80. The highest BCUT2D eigenvalue weighted by atomic mass is 14.9. The molecular formula is C12H19N3. The average Bonchev–Trinajstić information content (AvgIpc) is 2.32. The molecule has 1 saturated heterocycles. The van der Waals surface area contributed by atoms with E-state index in [2.05, 4.69) is 21.7 Å². The van der Waals surface area contributed by atoms with Crippen LogP contribution in [0.5, 0.6) is 0 Å². The first kappa shape index (κ1) is 10.4. The zero-order valence-electron chi connectivity index (χ0n) is 9.08. The van der Waals surface area contributed by atoms with Gasteiger partial charge in [-0.1, -0.05) is 0 Å². The van der Waals surface area contributed by atoms with Crippen LogP contribution < -0.4 is 10.6 Å². The Hall–Kier alpha value is -1.09. The number of nitrogens with zero attached hydrogens (tertiary/aromatic N) is 1. The predicted octanol–water partition coefficient (Wildman–Crippen LogP) is 1.88. The van der Waals surface area contributed by atoms with E-state index in [1.807, 2.05) is 12.3 Å². The van der Waals surface area contributed by atoms with Crippen molar-refractivity contribution in [3.05, 3.63) is 24.5 Å². The van der Waals surface area contributed by atoms with Gasteiger partial charge in [-0.05, 0) is 50.4 Å². The zero-order valence-corrected chi connectivity index (χ0v) is 9.08. The quantitative estimate of drug-likeness (QED) is 0.788. The van der Waals surface area contributed by atoms with Gasteiger partial charge in [-0.15, -0.1) is 0 Å². The molecule has 82 valence electrons. The average molecular weight is 205 g/mol. The van der Waals surface area contributed by atoms with Crippen molar-refractivity contribution in [1.29, 1.82) is 0 Å². The molecule has 0 saturated carbocycles. The monoisotopic (exact) mass is 205 g/mol. The molecule has 1 aliphatic heterocycles. The van der Waals surface area contributed by atoms with Gasteiger partial charge in [0.1, 0.15) is 0 Å². The highest BCUT2D eigenvalue weighted by Gasteiger charge is 2.11. The molecule has 15 heavy (non-hydrogen) atoms. The Morgan fingerprint density at radius 2 is 2.27 bits per heavy atom. The lowest BCUT2D eigenvalue weighted by molar-refractivity contribution is 0.361. The molecule has 3 heteroatoms. The fourth-order valence-electron chi connectivity index (χ4n) is 2.06. The summed E-state index contributed by atoms with van der Waals surface area (Å²) in [5.74, 6) is 0.899. The van der Waals surface area contributed by atoms with E-state index in [9.17, 15) is 0 Å². The third kappa shape index (κ3) is 3.51. The molecule has 1 aromatic heterocycles. The van der Waals surface area contributed by atoms with Crippen molar-refractivity contribution in [2.45, 2.75) is 19.3 Å². The van der Waals surface area contributed by atoms with Crippen LogP contribution in [0.15, 0.2) is 24.5 Å². The summed E-state index contributed by atoms with van der Waals surface area (Å²) >= 11 is 0. The van der Waals surface area contributed by atoms with Gasteiger partial charge in [0.05, 0.1) is 5.69 Å². The molecule has 0 bridgehead atoms. The number of hydrogen-bond donors (Lipinski definition) is 2. The second-order valence-corrected chi connectivity index (χ2v) is 4.15. The van der Waals surface area contributed by atoms with Crippen LogP contribution in [0.25, 0.3) is 0 Å². The lowest BCUT2D eigenvalue weighted by Gasteiger charge is -2.22. The van der Waals surface area contributed by atoms with Gasteiger partial charge in [0.15, 0.2) is 0 Å². The molecule has 0 radical (unpaired) electrons. The summed E-state index contributed by atoms with van der Waals surface area (Å²) in [5.41, 5.74) is 1.13. The van der Waals surface area contributed by atoms with E-state index in [0.717, 1.165) is 18.2 Å². The third-order valence-corrected chi connectivity index (χ3v) is 3.00. The van der Waals surface area contributed by atoms with Crippen molar-refractivity contribution in [2.75, 3.05) is 25.0 Å². The summed E-state index contributed by atoms with van der Waals surface area (Å²) in [5, 5.41) is 6.80. The molecule has 1 fully saturated rings. The van der Waals surface area contributed by atoms with Crippen LogP contribution in [0.4, 0.5) is 5.69 Å². The van der Waals surface area contributed by atoms with Crippen LogP contribution in [-0.4, -0.2) is 24.6 Å². The van der Waals surface area contributed by atoms with Gasteiger partial charge >= 0.3 is 0 Å². The second kappa shape index (κ2) is 5.71. The molecule has 0 atom stereocenters. The number of anilines is 1. The first-order chi connectivity index (χ1) is 7.45. The Morgan fingerprint density at radius 3 is 3.00 bits per heavy atom. The predicted molar refractivity (Wildman–Crippen MR) is 62.9 cm³/mol. The maximum atomic E-state index is 4.08. The van der Waals surface area contributed by atoms with E-state index >= 15 is 0 Å². The summed E-state index contributed by atoms with van der Waals surface area (Å²) in [6.45, 7) is 3.45. The molecule has 1 aliphatic rings. The number of rotatable bonds is 4. The summed E-state index contributed by atoms with van der Waals surface area (Å²) in [7, 11) is 0. The zero-order chi connectivity index (χ0) is 10.3. The summed E-state index contributed by atoms with van der Waals surface area (Å²) in [6, 6.07) is 4.03. The summed E-state index contributed by atoms with van der Waals surface area (Å²) < 4.78 is 0. The molecule has 0 unspecified atom stereocenters. The number of hydrogen-bond acceptors (Lipinski definition) is 3. The Bertz CT molecular complexity index is 267. The molecule has 0 aliphatic carbocycles. The normalized spacial score (nSPS) is 17.6. The minimum Gasteiger partial charge on any atom is -0.384 e. The standard InChI is InChI=1S/C12H19N3/c1-2-12(10-14-6-1)15-9-5-11-3-7-13-8-4-11/h1-2,6,10-11,13,15H,3-5,7-9H2.